The molecule has 1 unspecified atom stereocenters. The first kappa shape index (κ1) is 20.9. The van der Waals surface area contributed by atoms with E-state index in [0.717, 1.165) is 28.8 Å². The number of hydrogen-bond donors (Lipinski definition) is 0. The highest BCUT2D eigenvalue weighted by Crippen LogP contribution is 2.32. The van der Waals surface area contributed by atoms with Crippen LogP contribution in [0.15, 0.2) is 60.0 Å². The molecule has 144 valence electrons. The molecule has 0 radical (unpaired) electrons. The van der Waals surface area contributed by atoms with Gasteiger partial charge >= 0.3 is 6.18 Å². The second kappa shape index (κ2) is 8.99. The molecule has 0 amide bonds. The van der Waals surface area contributed by atoms with Crippen LogP contribution >= 0.6 is 11.8 Å². The standard InChI is InChI=1S/C20H19F3O3S/c1-4-13(2)27-19(24)14(3)25-16-9-11-18(12-10-16)26-17-7-5-15(6-8-17)20(21,22)23/h5-12,14H,2,4H2,1,3H3. The summed E-state index contributed by atoms with van der Waals surface area (Å²) in [5, 5.41) is -0.132. The minimum atomic E-state index is -4.38. The summed E-state index contributed by atoms with van der Waals surface area (Å²) in [7, 11) is 0. The van der Waals surface area contributed by atoms with Crippen molar-refractivity contribution in [3.63, 3.8) is 0 Å². The number of benzene rings is 2. The van der Waals surface area contributed by atoms with Crippen molar-refractivity contribution in [1.82, 2.24) is 0 Å². The third-order valence-corrected chi connectivity index (χ3v) is 4.64. The van der Waals surface area contributed by atoms with Crippen molar-refractivity contribution in [2.24, 2.45) is 0 Å². The smallest absolute Gasteiger partial charge is 0.416 e. The molecule has 27 heavy (non-hydrogen) atoms. The maximum Gasteiger partial charge on any atom is 0.416 e. The Balaban J connectivity index is 1.95. The number of carbonyl (C=O) groups excluding carboxylic acids is 1. The van der Waals surface area contributed by atoms with Crippen LogP contribution in [-0.4, -0.2) is 11.2 Å². The van der Waals surface area contributed by atoms with Gasteiger partial charge in [0, 0.05) is 0 Å². The fourth-order valence-electron chi connectivity index (χ4n) is 1.98. The SMILES string of the molecule is C=C(CC)SC(=O)C(C)Oc1ccc(Oc2ccc(C(F)(F)F)cc2)cc1. The van der Waals surface area contributed by atoms with Crippen LogP contribution in [0.2, 0.25) is 0 Å². The average molecular weight is 396 g/mol. The second-order valence-corrected chi connectivity index (χ2v) is 6.85. The third-order valence-electron chi connectivity index (χ3n) is 3.53. The third kappa shape index (κ3) is 6.36. The van der Waals surface area contributed by atoms with Gasteiger partial charge in [-0.3, -0.25) is 4.79 Å². The van der Waals surface area contributed by atoms with E-state index in [2.05, 4.69) is 6.58 Å². The molecular weight excluding hydrogens is 377 g/mol. The highest BCUT2D eigenvalue weighted by atomic mass is 32.2. The zero-order chi connectivity index (χ0) is 20.0. The average Bonchev–Trinajstić information content (AvgIpc) is 2.62. The monoisotopic (exact) mass is 396 g/mol. The van der Waals surface area contributed by atoms with Gasteiger partial charge in [0.2, 0.25) is 5.12 Å². The number of rotatable bonds is 7. The van der Waals surface area contributed by atoms with Crippen LogP contribution in [0.4, 0.5) is 13.2 Å². The van der Waals surface area contributed by atoms with Crippen LogP contribution in [-0.2, 0) is 11.0 Å². The Morgan fingerprint density at radius 3 is 2.00 bits per heavy atom. The summed E-state index contributed by atoms with van der Waals surface area (Å²) in [6.45, 7) is 7.36. The van der Waals surface area contributed by atoms with E-state index in [1.807, 2.05) is 6.92 Å². The van der Waals surface area contributed by atoms with E-state index >= 15 is 0 Å². The molecule has 0 fully saturated rings. The van der Waals surface area contributed by atoms with Gasteiger partial charge in [-0.05, 0) is 66.8 Å². The number of carbonyl (C=O) groups is 1. The number of alkyl halides is 3. The van der Waals surface area contributed by atoms with Crippen LogP contribution in [0.1, 0.15) is 25.8 Å². The minimum absolute atomic E-state index is 0.132. The molecule has 0 saturated carbocycles. The quantitative estimate of drug-likeness (QED) is 0.539. The van der Waals surface area contributed by atoms with E-state index in [9.17, 15) is 18.0 Å². The van der Waals surface area contributed by atoms with Crippen LogP contribution in [0.5, 0.6) is 17.2 Å². The zero-order valence-corrected chi connectivity index (χ0v) is 15.7. The van der Waals surface area contributed by atoms with Crippen LogP contribution < -0.4 is 9.47 Å². The molecule has 1 atom stereocenters. The molecule has 3 nitrogen and oxygen atoms in total. The van der Waals surface area contributed by atoms with Crippen molar-refractivity contribution in [1.29, 1.82) is 0 Å². The summed E-state index contributed by atoms with van der Waals surface area (Å²) in [5.41, 5.74) is -0.735. The van der Waals surface area contributed by atoms with Crippen molar-refractivity contribution in [2.75, 3.05) is 0 Å². The van der Waals surface area contributed by atoms with Gasteiger partial charge in [0.25, 0.3) is 0 Å². The van der Waals surface area contributed by atoms with E-state index in [1.54, 1.807) is 31.2 Å². The molecule has 0 spiro atoms. The maximum absolute atomic E-state index is 12.6. The van der Waals surface area contributed by atoms with Crippen molar-refractivity contribution < 1.29 is 27.4 Å². The summed E-state index contributed by atoms with van der Waals surface area (Å²) in [6.07, 6.45) is -4.31. The molecule has 2 aromatic rings. The lowest BCUT2D eigenvalue weighted by atomic mass is 10.2. The van der Waals surface area contributed by atoms with E-state index in [4.69, 9.17) is 9.47 Å². The van der Waals surface area contributed by atoms with Gasteiger partial charge in [-0.25, -0.2) is 0 Å². The molecule has 0 saturated heterocycles. The van der Waals surface area contributed by atoms with Gasteiger partial charge in [0.05, 0.1) is 5.56 Å². The lowest BCUT2D eigenvalue weighted by Gasteiger charge is -2.14. The Labute approximate surface area is 160 Å². The van der Waals surface area contributed by atoms with E-state index in [-0.39, 0.29) is 10.9 Å². The summed E-state index contributed by atoms with van der Waals surface area (Å²) in [5.74, 6) is 1.21. The van der Waals surface area contributed by atoms with Gasteiger partial charge in [0.15, 0.2) is 6.10 Å². The van der Waals surface area contributed by atoms with Gasteiger partial charge in [-0.15, -0.1) is 0 Å². The topological polar surface area (TPSA) is 35.5 Å². The van der Waals surface area contributed by atoms with Crippen molar-refractivity contribution >= 4 is 16.9 Å². The summed E-state index contributed by atoms with van der Waals surface area (Å²) in [6, 6.07) is 10.9. The molecule has 7 heteroatoms. The van der Waals surface area contributed by atoms with Crippen LogP contribution in [0.25, 0.3) is 0 Å². The first-order chi connectivity index (χ1) is 12.7. The minimum Gasteiger partial charge on any atom is -0.482 e. The highest BCUT2D eigenvalue weighted by molar-refractivity contribution is 8.17. The van der Waals surface area contributed by atoms with Gasteiger partial charge in [0.1, 0.15) is 17.2 Å². The molecule has 0 aliphatic rings. The summed E-state index contributed by atoms with van der Waals surface area (Å²) >= 11 is 1.07. The van der Waals surface area contributed by atoms with Crippen molar-refractivity contribution in [3.05, 3.63) is 65.6 Å². The number of allylic oxidation sites excluding steroid dienone is 1. The first-order valence-corrected chi connectivity index (χ1v) is 9.02. The highest BCUT2D eigenvalue weighted by Gasteiger charge is 2.30. The van der Waals surface area contributed by atoms with Crippen molar-refractivity contribution in [2.45, 2.75) is 32.5 Å². The molecule has 0 aromatic heterocycles. The largest absolute Gasteiger partial charge is 0.482 e. The number of thioether (sulfide) groups is 1. The molecular formula is C20H19F3O3S. The Bertz CT molecular complexity index is 784. The molecule has 0 aliphatic heterocycles. The predicted octanol–water partition coefficient (Wildman–Crippen LogP) is 6.45. The normalized spacial score (nSPS) is 12.3. The fourth-order valence-corrected chi connectivity index (χ4v) is 2.63. The van der Waals surface area contributed by atoms with Gasteiger partial charge in [-0.1, -0.05) is 25.3 Å². The molecule has 2 aromatic carbocycles. The Morgan fingerprint density at radius 2 is 1.52 bits per heavy atom. The fraction of sp³-hybridized carbons (Fsp3) is 0.250. The molecule has 2 rings (SSSR count). The zero-order valence-electron chi connectivity index (χ0n) is 14.9. The van der Waals surface area contributed by atoms with E-state index in [1.165, 1.54) is 12.1 Å². The lowest BCUT2D eigenvalue weighted by Crippen LogP contribution is -2.20. The lowest BCUT2D eigenvalue weighted by molar-refractivity contribution is -0.137. The number of hydrogen-bond acceptors (Lipinski definition) is 4. The van der Waals surface area contributed by atoms with E-state index < -0.39 is 17.8 Å². The van der Waals surface area contributed by atoms with Gasteiger partial charge in [-0.2, -0.15) is 13.2 Å². The summed E-state index contributed by atoms with van der Waals surface area (Å²) < 4.78 is 48.8. The Morgan fingerprint density at radius 1 is 1.04 bits per heavy atom. The number of ether oxygens (including phenoxy) is 2. The maximum atomic E-state index is 12.6. The molecule has 0 N–H and O–H groups in total. The Hall–Kier alpha value is -2.41. The van der Waals surface area contributed by atoms with Gasteiger partial charge < -0.3 is 9.47 Å². The Kier molecular flexibility index (Phi) is 6.96. The van der Waals surface area contributed by atoms with E-state index in [0.29, 0.717) is 17.9 Å². The molecule has 0 heterocycles. The first-order valence-electron chi connectivity index (χ1n) is 8.20. The van der Waals surface area contributed by atoms with Crippen LogP contribution in [0.3, 0.4) is 0 Å². The molecule has 0 aliphatic carbocycles. The predicted molar refractivity (Wildman–Crippen MR) is 100 cm³/mol. The molecule has 0 bridgehead atoms. The summed E-state index contributed by atoms with van der Waals surface area (Å²) in [4.78, 5) is 12.8. The van der Waals surface area contributed by atoms with Crippen LogP contribution in [0, 0.1) is 0 Å². The van der Waals surface area contributed by atoms with Crippen molar-refractivity contribution in [3.8, 4) is 17.2 Å². The second-order valence-electron chi connectivity index (χ2n) is 5.67. The number of halogens is 3.